The van der Waals surface area contributed by atoms with Gasteiger partial charge in [0.15, 0.2) is 5.11 Å². The zero-order chi connectivity index (χ0) is 12.7. The fourth-order valence-electron chi connectivity index (χ4n) is 1.08. The molecule has 1 aromatic rings. The number of nitrogens with one attached hydrogen (secondary N) is 1. The molecule has 0 aromatic heterocycles. The number of nitrogens with zero attached hydrogens (tertiary/aromatic N) is 1. The smallest absolute Gasteiger partial charge is 0.184 e. The number of rotatable bonds is 5. The third kappa shape index (κ3) is 6.28. The molecule has 0 amide bonds. The number of thiocarbonyl (C=S) groups is 1. The number of hydrogen-bond acceptors (Lipinski definition) is 3. The molecule has 3 N–H and O–H groups in total. The zero-order valence-electron chi connectivity index (χ0n) is 10.0. The van der Waals surface area contributed by atoms with Gasteiger partial charge in [0.25, 0.3) is 0 Å². The largest absolute Gasteiger partial charge is 0.375 e. The van der Waals surface area contributed by atoms with Gasteiger partial charge in [-0.2, -0.15) is 5.10 Å². The second-order valence-electron chi connectivity index (χ2n) is 4.01. The minimum atomic E-state index is 0.172. The first-order valence-corrected chi connectivity index (χ1v) is 6.78. The van der Waals surface area contributed by atoms with Gasteiger partial charge in [-0.15, -0.1) is 11.8 Å². The van der Waals surface area contributed by atoms with E-state index in [-0.39, 0.29) is 5.11 Å². The molecule has 0 bridgehead atoms. The Balaban J connectivity index is 2.50. The van der Waals surface area contributed by atoms with E-state index in [0.717, 1.165) is 11.3 Å². The van der Waals surface area contributed by atoms with Crippen LogP contribution in [0, 0.1) is 5.92 Å². The minimum absolute atomic E-state index is 0.172. The molecule has 0 saturated carbocycles. The Kier molecular flexibility index (Phi) is 6.00. The molecule has 1 aromatic carbocycles. The van der Waals surface area contributed by atoms with Crippen molar-refractivity contribution in [2.24, 2.45) is 16.8 Å². The minimum Gasteiger partial charge on any atom is -0.375 e. The van der Waals surface area contributed by atoms with Crippen LogP contribution in [-0.4, -0.2) is 17.1 Å². The van der Waals surface area contributed by atoms with Crippen molar-refractivity contribution < 1.29 is 0 Å². The van der Waals surface area contributed by atoms with Gasteiger partial charge < -0.3 is 5.73 Å². The van der Waals surface area contributed by atoms with Crippen LogP contribution in [0.5, 0.6) is 0 Å². The molecule has 0 aliphatic carbocycles. The predicted molar refractivity (Wildman–Crippen MR) is 79.5 cm³/mol. The maximum Gasteiger partial charge on any atom is 0.184 e. The summed E-state index contributed by atoms with van der Waals surface area (Å²) in [4.78, 5) is 1.28. The normalized spacial score (nSPS) is 11.0. The van der Waals surface area contributed by atoms with E-state index in [9.17, 15) is 0 Å². The second kappa shape index (κ2) is 7.29. The molecule has 0 radical (unpaired) electrons. The number of nitrogens with two attached hydrogens (primary N) is 1. The number of hydrazone groups is 1. The number of hydrogen-bond donors (Lipinski definition) is 2. The summed E-state index contributed by atoms with van der Waals surface area (Å²) in [7, 11) is 0. The van der Waals surface area contributed by atoms with E-state index in [1.807, 2.05) is 23.9 Å². The van der Waals surface area contributed by atoms with Crippen LogP contribution in [0.1, 0.15) is 19.4 Å². The summed E-state index contributed by atoms with van der Waals surface area (Å²) in [6.45, 7) is 4.44. The van der Waals surface area contributed by atoms with Gasteiger partial charge in [0.1, 0.15) is 0 Å². The predicted octanol–water partition coefficient (Wildman–Crippen LogP) is 2.60. The fraction of sp³-hybridized carbons (Fsp3) is 0.333. The Morgan fingerprint density at radius 2 is 2.12 bits per heavy atom. The van der Waals surface area contributed by atoms with Crippen molar-refractivity contribution in [3.8, 4) is 0 Å². The van der Waals surface area contributed by atoms with Crippen LogP contribution in [0.2, 0.25) is 0 Å². The van der Waals surface area contributed by atoms with E-state index in [1.54, 1.807) is 6.21 Å². The summed E-state index contributed by atoms with van der Waals surface area (Å²) >= 11 is 6.51. The molecule has 1 rings (SSSR count). The van der Waals surface area contributed by atoms with E-state index in [2.05, 4.69) is 48.7 Å². The van der Waals surface area contributed by atoms with Gasteiger partial charge in [0.2, 0.25) is 0 Å². The standard InChI is InChI=1S/C12H17N3S2/c1-9(2)8-17-11-5-3-10(4-6-11)7-14-15-12(13)16/h3-7,9H,8H2,1-2H3,(H3,13,15,16). The average molecular weight is 267 g/mol. The fourth-order valence-corrected chi connectivity index (χ4v) is 1.99. The van der Waals surface area contributed by atoms with Gasteiger partial charge in [-0.25, -0.2) is 0 Å². The molecule has 5 heteroatoms. The van der Waals surface area contributed by atoms with Gasteiger partial charge in [-0.05, 0) is 35.8 Å². The zero-order valence-corrected chi connectivity index (χ0v) is 11.6. The first-order valence-electron chi connectivity index (χ1n) is 5.39. The van der Waals surface area contributed by atoms with Crippen molar-refractivity contribution >= 4 is 35.3 Å². The molecule has 0 fully saturated rings. The molecule has 0 atom stereocenters. The van der Waals surface area contributed by atoms with Gasteiger partial charge in [0.05, 0.1) is 6.21 Å². The van der Waals surface area contributed by atoms with Gasteiger partial charge in [-0.3, -0.25) is 5.43 Å². The Hall–Kier alpha value is -1.07. The van der Waals surface area contributed by atoms with Crippen molar-refractivity contribution in [1.29, 1.82) is 0 Å². The van der Waals surface area contributed by atoms with Crippen LogP contribution in [0.15, 0.2) is 34.3 Å². The van der Waals surface area contributed by atoms with Crippen LogP contribution in [0.25, 0.3) is 0 Å². The third-order valence-corrected chi connectivity index (χ3v) is 3.38. The maximum atomic E-state index is 5.25. The van der Waals surface area contributed by atoms with E-state index in [4.69, 9.17) is 5.73 Å². The molecule has 0 spiro atoms. The lowest BCUT2D eigenvalue weighted by atomic mass is 10.2. The molecule has 0 heterocycles. The lowest BCUT2D eigenvalue weighted by Crippen LogP contribution is -2.23. The monoisotopic (exact) mass is 267 g/mol. The van der Waals surface area contributed by atoms with E-state index >= 15 is 0 Å². The lowest BCUT2D eigenvalue weighted by molar-refractivity contribution is 0.750. The van der Waals surface area contributed by atoms with E-state index < -0.39 is 0 Å². The Morgan fingerprint density at radius 1 is 1.47 bits per heavy atom. The highest BCUT2D eigenvalue weighted by molar-refractivity contribution is 7.99. The summed E-state index contributed by atoms with van der Waals surface area (Å²) < 4.78 is 0. The van der Waals surface area contributed by atoms with Gasteiger partial charge in [0, 0.05) is 10.6 Å². The molecule has 0 saturated heterocycles. The number of thioether (sulfide) groups is 1. The van der Waals surface area contributed by atoms with Crippen LogP contribution in [0.3, 0.4) is 0 Å². The summed E-state index contributed by atoms with van der Waals surface area (Å²) in [6.07, 6.45) is 1.69. The summed E-state index contributed by atoms with van der Waals surface area (Å²) in [5.74, 6) is 1.84. The molecule has 0 unspecified atom stereocenters. The van der Waals surface area contributed by atoms with Gasteiger partial charge in [-0.1, -0.05) is 26.0 Å². The molecule has 92 valence electrons. The van der Waals surface area contributed by atoms with Crippen molar-refractivity contribution in [3.05, 3.63) is 29.8 Å². The SMILES string of the molecule is CC(C)CSc1ccc(C=NNC(N)=S)cc1. The van der Waals surface area contributed by atoms with Crippen LogP contribution in [-0.2, 0) is 0 Å². The van der Waals surface area contributed by atoms with E-state index in [1.165, 1.54) is 4.90 Å². The highest BCUT2D eigenvalue weighted by atomic mass is 32.2. The summed E-state index contributed by atoms with van der Waals surface area (Å²) in [5.41, 5.74) is 8.79. The summed E-state index contributed by atoms with van der Waals surface area (Å²) in [6, 6.07) is 8.23. The molecule has 0 aliphatic heterocycles. The lowest BCUT2D eigenvalue weighted by Gasteiger charge is -2.04. The molecular formula is C12H17N3S2. The van der Waals surface area contributed by atoms with Crippen molar-refractivity contribution in [2.75, 3.05) is 5.75 Å². The molecule has 0 aliphatic rings. The van der Waals surface area contributed by atoms with Crippen molar-refractivity contribution in [3.63, 3.8) is 0 Å². The molecular weight excluding hydrogens is 250 g/mol. The first-order chi connectivity index (χ1) is 8.08. The highest BCUT2D eigenvalue weighted by Gasteiger charge is 1.97. The van der Waals surface area contributed by atoms with E-state index in [0.29, 0.717) is 5.92 Å². The third-order valence-electron chi connectivity index (χ3n) is 1.85. The van der Waals surface area contributed by atoms with Crippen molar-refractivity contribution in [1.82, 2.24) is 5.43 Å². The van der Waals surface area contributed by atoms with Crippen molar-refractivity contribution in [2.45, 2.75) is 18.7 Å². The highest BCUT2D eigenvalue weighted by Crippen LogP contribution is 2.20. The second-order valence-corrected chi connectivity index (χ2v) is 5.54. The summed E-state index contributed by atoms with van der Waals surface area (Å²) in [5, 5.41) is 4.07. The van der Waals surface area contributed by atoms with Crippen LogP contribution < -0.4 is 11.2 Å². The average Bonchev–Trinajstić information content (AvgIpc) is 2.27. The Bertz CT molecular complexity index is 385. The topological polar surface area (TPSA) is 50.4 Å². The van der Waals surface area contributed by atoms with Gasteiger partial charge >= 0.3 is 0 Å². The molecule has 3 nitrogen and oxygen atoms in total. The van der Waals surface area contributed by atoms with Crippen LogP contribution >= 0.6 is 24.0 Å². The Labute approximate surface area is 112 Å². The Morgan fingerprint density at radius 3 is 2.65 bits per heavy atom. The van der Waals surface area contributed by atoms with Crippen LogP contribution in [0.4, 0.5) is 0 Å². The number of benzene rings is 1. The molecule has 17 heavy (non-hydrogen) atoms. The quantitative estimate of drug-likeness (QED) is 0.373. The first kappa shape index (κ1) is 14.0. The maximum absolute atomic E-state index is 5.25.